The quantitative estimate of drug-likeness (QED) is 0.490. The number of hydrogen-bond acceptors (Lipinski definition) is 6. The van der Waals surface area contributed by atoms with E-state index in [4.69, 9.17) is 21.1 Å². The minimum Gasteiger partial charge on any atom is -0.466 e. The van der Waals surface area contributed by atoms with Crippen LogP contribution in [0.2, 0.25) is 5.02 Å². The number of halogens is 1. The Morgan fingerprint density at radius 2 is 1.85 bits per heavy atom. The van der Waals surface area contributed by atoms with Crippen LogP contribution >= 0.6 is 11.6 Å². The van der Waals surface area contributed by atoms with Crippen LogP contribution in [0.5, 0.6) is 6.01 Å². The summed E-state index contributed by atoms with van der Waals surface area (Å²) in [6.45, 7) is 3.80. The zero-order valence-corrected chi connectivity index (χ0v) is 14.6. The van der Waals surface area contributed by atoms with E-state index in [0.717, 1.165) is 0 Å². The van der Waals surface area contributed by atoms with Gasteiger partial charge in [0.05, 0.1) is 18.4 Å². The minimum absolute atomic E-state index is 0.109. The number of rotatable bonds is 6. The highest BCUT2D eigenvalue weighted by Gasteiger charge is 2.26. The molecule has 0 bridgehead atoms. The second-order valence-corrected chi connectivity index (χ2v) is 5.71. The Kier molecular flexibility index (Phi) is 5.28. The second-order valence-electron chi connectivity index (χ2n) is 5.28. The van der Waals surface area contributed by atoms with Gasteiger partial charge >= 0.3 is 12.0 Å². The molecule has 8 heteroatoms. The third-order valence-corrected chi connectivity index (χ3v) is 3.85. The monoisotopic (exact) mass is 370 g/mol. The van der Waals surface area contributed by atoms with Crippen LogP contribution < -0.4 is 4.74 Å². The van der Waals surface area contributed by atoms with Gasteiger partial charge in [0.15, 0.2) is 6.10 Å². The van der Waals surface area contributed by atoms with E-state index >= 15 is 0 Å². The summed E-state index contributed by atoms with van der Waals surface area (Å²) in [5.41, 5.74) is 1.48. The first-order valence-corrected chi connectivity index (χ1v) is 8.01. The van der Waals surface area contributed by atoms with Crippen molar-refractivity contribution in [1.29, 1.82) is 0 Å². The predicted molar refractivity (Wildman–Crippen MR) is 95.1 cm³/mol. The Labute approximate surface area is 154 Å². The van der Waals surface area contributed by atoms with E-state index in [1.807, 2.05) is 30.3 Å². The van der Waals surface area contributed by atoms with Crippen molar-refractivity contribution in [3.8, 4) is 11.7 Å². The number of hydrogen-bond donors (Lipinski definition) is 0. The lowest BCUT2D eigenvalue weighted by atomic mass is 10.0. The number of ether oxygens (including phenoxy) is 2. The first-order chi connectivity index (χ1) is 12.6. The Bertz CT molecular complexity index is 910. The van der Waals surface area contributed by atoms with Gasteiger partial charge in [-0.1, -0.05) is 53.6 Å². The molecule has 1 aromatic heterocycles. The summed E-state index contributed by atoms with van der Waals surface area (Å²) in [6, 6.07) is 16.2. The van der Waals surface area contributed by atoms with Gasteiger partial charge in [-0.3, -0.25) is 0 Å². The Morgan fingerprint density at radius 1 is 1.15 bits per heavy atom. The fourth-order valence-corrected chi connectivity index (χ4v) is 2.43. The van der Waals surface area contributed by atoms with E-state index in [-0.39, 0.29) is 11.6 Å². The number of benzene rings is 2. The van der Waals surface area contributed by atoms with Crippen LogP contribution in [0.3, 0.4) is 0 Å². The van der Waals surface area contributed by atoms with Crippen LogP contribution in [0, 0.1) is 0 Å². The molecule has 0 amide bonds. The molecule has 0 saturated carbocycles. The maximum atomic E-state index is 12.0. The van der Waals surface area contributed by atoms with Gasteiger partial charge in [-0.25, -0.2) is 4.79 Å². The van der Waals surface area contributed by atoms with E-state index in [9.17, 15) is 4.79 Å². The molecule has 0 fully saturated rings. The molecule has 0 spiro atoms. The number of aromatic nitrogens is 4. The van der Waals surface area contributed by atoms with Crippen LogP contribution in [0.1, 0.15) is 11.7 Å². The molecule has 1 heterocycles. The summed E-state index contributed by atoms with van der Waals surface area (Å²) in [7, 11) is 1.28. The molecule has 3 rings (SSSR count). The van der Waals surface area contributed by atoms with Crippen molar-refractivity contribution in [3.63, 3.8) is 0 Å². The number of nitrogens with zero attached hydrogens (tertiary/aromatic N) is 4. The summed E-state index contributed by atoms with van der Waals surface area (Å²) < 4.78 is 12.1. The smallest absolute Gasteiger partial charge is 0.341 e. The number of carbonyl (C=O) groups is 1. The normalized spacial score (nSPS) is 11.6. The zero-order chi connectivity index (χ0) is 18.5. The first kappa shape index (κ1) is 17.6. The van der Waals surface area contributed by atoms with Crippen molar-refractivity contribution in [2.45, 2.75) is 6.10 Å². The molecular formula is C18H15ClN4O3. The summed E-state index contributed by atoms with van der Waals surface area (Å²) in [5.74, 6) is -0.594. The molecule has 0 aliphatic heterocycles. The molecule has 26 heavy (non-hydrogen) atoms. The van der Waals surface area contributed by atoms with Crippen LogP contribution in [-0.2, 0) is 9.53 Å². The summed E-state index contributed by atoms with van der Waals surface area (Å²) in [5, 5.41) is 12.1. The lowest BCUT2D eigenvalue weighted by Gasteiger charge is -2.19. The van der Waals surface area contributed by atoms with Gasteiger partial charge in [-0.15, -0.1) is 0 Å². The van der Waals surface area contributed by atoms with E-state index in [1.54, 1.807) is 24.3 Å². The van der Waals surface area contributed by atoms with Gasteiger partial charge < -0.3 is 9.47 Å². The SMILES string of the molecule is C=C(C(=O)OC)C(Oc1nnnn1-c1ccccc1)c1ccc(Cl)cc1. The fourth-order valence-electron chi connectivity index (χ4n) is 2.31. The maximum absolute atomic E-state index is 12.0. The Balaban J connectivity index is 1.97. The summed E-state index contributed by atoms with van der Waals surface area (Å²) in [4.78, 5) is 12.0. The van der Waals surface area contributed by atoms with Gasteiger partial charge in [-0.05, 0) is 40.3 Å². The van der Waals surface area contributed by atoms with Gasteiger partial charge in [0.2, 0.25) is 0 Å². The van der Waals surface area contributed by atoms with E-state index in [0.29, 0.717) is 16.3 Å². The molecule has 2 aromatic carbocycles. The van der Waals surface area contributed by atoms with Gasteiger partial charge in [0.25, 0.3) is 0 Å². The van der Waals surface area contributed by atoms with Crippen LogP contribution in [0.25, 0.3) is 5.69 Å². The standard InChI is InChI=1S/C18H15ClN4O3/c1-12(17(24)25-2)16(13-8-10-14(19)11-9-13)26-18-20-21-22-23(18)15-6-4-3-5-7-15/h3-11,16H,1H2,2H3. The van der Waals surface area contributed by atoms with E-state index in [2.05, 4.69) is 22.1 Å². The maximum Gasteiger partial charge on any atom is 0.341 e. The highest BCUT2D eigenvalue weighted by molar-refractivity contribution is 6.30. The van der Waals surface area contributed by atoms with Crippen molar-refractivity contribution >= 4 is 17.6 Å². The molecule has 132 valence electrons. The van der Waals surface area contributed by atoms with Crippen molar-refractivity contribution in [1.82, 2.24) is 20.2 Å². The van der Waals surface area contributed by atoms with E-state index < -0.39 is 12.1 Å². The third-order valence-electron chi connectivity index (χ3n) is 3.60. The van der Waals surface area contributed by atoms with Gasteiger partial charge in [0.1, 0.15) is 0 Å². The number of para-hydroxylation sites is 1. The van der Waals surface area contributed by atoms with Crippen molar-refractivity contribution in [2.24, 2.45) is 0 Å². The van der Waals surface area contributed by atoms with Crippen LogP contribution in [-0.4, -0.2) is 33.3 Å². The number of methoxy groups -OCH3 is 1. The molecule has 0 N–H and O–H groups in total. The number of esters is 1. The second kappa shape index (κ2) is 7.79. The van der Waals surface area contributed by atoms with Crippen molar-refractivity contribution < 1.29 is 14.3 Å². The molecule has 0 radical (unpaired) electrons. The lowest BCUT2D eigenvalue weighted by Crippen LogP contribution is -2.19. The largest absolute Gasteiger partial charge is 0.466 e. The first-order valence-electron chi connectivity index (χ1n) is 7.63. The molecule has 1 atom stereocenters. The molecule has 7 nitrogen and oxygen atoms in total. The van der Waals surface area contributed by atoms with Crippen molar-refractivity contribution in [2.75, 3.05) is 7.11 Å². The average Bonchev–Trinajstić information content (AvgIpc) is 3.14. The highest BCUT2D eigenvalue weighted by atomic mass is 35.5. The number of tetrazole rings is 1. The van der Waals surface area contributed by atoms with Gasteiger partial charge in [0, 0.05) is 5.02 Å². The minimum atomic E-state index is -0.840. The molecule has 0 saturated heterocycles. The Morgan fingerprint density at radius 3 is 2.50 bits per heavy atom. The van der Waals surface area contributed by atoms with Crippen LogP contribution in [0.15, 0.2) is 66.7 Å². The fraction of sp³-hybridized carbons (Fsp3) is 0.111. The van der Waals surface area contributed by atoms with E-state index in [1.165, 1.54) is 11.8 Å². The molecule has 1 unspecified atom stereocenters. The summed E-state index contributed by atoms with van der Waals surface area (Å²) >= 11 is 5.94. The third kappa shape index (κ3) is 3.73. The zero-order valence-electron chi connectivity index (χ0n) is 13.9. The van der Waals surface area contributed by atoms with Gasteiger partial charge in [-0.2, -0.15) is 4.68 Å². The lowest BCUT2D eigenvalue weighted by molar-refractivity contribution is -0.137. The molecule has 0 aliphatic rings. The average molecular weight is 371 g/mol. The van der Waals surface area contributed by atoms with Crippen LogP contribution in [0.4, 0.5) is 0 Å². The molecule has 3 aromatic rings. The molecule has 0 aliphatic carbocycles. The topological polar surface area (TPSA) is 79.1 Å². The predicted octanol–water partition coefficient (Wildman–Crippen LogP) is 3.17. The molecular weight excluding hydrogens is 356 g/mol. The summed E-state index contributed by atoms with van der Waals surface area (Å²) in [6.07, 6.45) is -0.840. The number of carbonyl (C=O) groups excluding carboxylic acids is 1. The highest BCUT2D eigenvalue weighted by Crippen LogP contribution is 2.28. The van der Waals surface area contributed by atoms with Crippen molar-refractivity contribution in [3.05, 3.63) is 77.3 Å². The Hall–Kier alpha value is -3.19.